The molecule has 0 spiro atoms. The quantitative estimate of drug-likeness (QED) is 0.592. The molecule has 0 unspecified atom stereocenters. The van der Waals surface area contributed by atoms with Crippen molar-refractivity contribution in [3.8, 4) is 5.75 Å². The Bertz CT molecular complexity index is 1090. The summed E-state index contributed by atoms with van der Waals surface area (Å²) in [7, 11) is 1.63. The van der Waals surface area contributed by atoms with Crippen molar-refractivity contribution in [2.75, 3.05) is 7.11 Å². The number of amides is 1. The van der Waals surface area contributed by atoms with Crippen LogP contribution in [0, 0.1) is 5.41 Å². The number of para-hydroxylation sites is 1. The minimum atomic E-state index is -0.0686. The highest BCUT2D eigenvalue weighted by atomic mass is 35.5. The van der Waals surface area contributed by atoms with Gasteiger partial charge in [-0.3, -0.25) is 9.48 Å². The van der Waals surface area contributed by atoms with Gasteiger partial charge in [-0.25, -0.2) is 0 Å². The molecule has 1 amide bonds. The molecular weight excluding hydrogens is 410 g/mol. The maximum atomic E-state index is 12.9. The highest BCUT2D eigenvalue weighted by Crippen LogP contribution is 2.41. The molecular formula is C25H28ClN3O2. The van der Waals surface area contributed by atoms with E-state index < -0.39 is 0 Å². The van der Waals surface area contributed by atoms with Crippen molar-refractivity contribution >= 4 is 17.5 Å². The molecule has 0 radical (unpaired) electrons. The van der Waals surface area contributed by atoms with Crippen LogP contribution in [0.1, 0.15) is 48.7 Å². The van der Waals surface area contributed by atoms with E-state index in [-0.39, 0.29) is 23.8 Å². The first kappa shape index (κ1) is 21.4. The van der Waals surface area contributed by atoms with Crippen LogP contribution in [0.5, 0.6) is 5.75 Å². The number of aromatic nitrogens is 2. The molecule has 0 saturated carbocycles. The third kappa shape index (κ3) is 4.77. The van der Waals surface area contributed by atoms with Crippen LogP contribution in [0.2, 0.25) is 5.02 Å². The van der Waals surface area contributed by atoms with Gasteiger partial charge >= 0.3 is 0 Å². The van der Waals surface area contributed by atoms with Gasteiger partial charge in [0.25, 0.3) is 0 Å². The molecule has 1 aliphatic rings. The predicted molar refractivity (Wildman–Crippen MR) is 122 cm³/mol. The Hall–Kier alpha value is -2.79. The van der Waals surface area contributed by atoms with E-state index in [1.807, 2.05) is 59.4 Å². The lowest BCUT2D eigenvalue weighted by Crippen LogP contribution is -2.37. The first-order valence-electron chi connectivity index (χ1n) is 10.6. The Morgan fingerprint density at radius 3 is 2.65 bits per heavy atom. The number of nitrogens with zero attached hydrogens (tertiary/aromatic N) is 2. The summed E-state index contributed by atoms with van der Waals surface area (Å²) < 4.78 is 7.42. The molecule has 5 nitrogen and oxygen atoms in total. The third-order valence-electron chi connectivity index (χ3n) is 5.92. The van der Waals surface area contributed by atoms with Crippen LogP contribution in [0.4, 0.5) is 0 Å². The second kappa shape index (κ2) is 8.75. The zero-order valence-corrected chi connectivity index (χ0v) is 18.9. The lowest BCUT2D eigenvalue weighted by atomic mass is 9.74. The molecule has 1 heterocycles. The zero-order valence-electron chi connectivity index (χ0n) is 18.2. The summed E-state index contributed by atoms with van der Waals surface area (Å²) in [5.41, 5.74) is 4.23. The Kier molecular flexibility index (Phi) is 6.05. The number of rotatable bonds is 6. The number of hydrogen-bond acceptors (Lipinski definition) is 3. The normalized spacial score (nSPS) is 17.1. The smallest absolute Gasteiger partial charge is 0.225 e. The average molecular weight is 438 g/mol. The SMILES string of the molecule is COc1ccccc1CC(=O)N[C@@H]1CC(C)(C)Cc2c1cnn2Cc1ccccc1Cl. The summed E-state index contributed by atoms with van der Waals surface area (Å²) in [6, 6.07) is 15.4. The number of nitrogens with one attached hydrogen (secondary N) is 1. The van der Waals surface area contributed by atoms with E-state index in [4.69, 9.17) is 16.3 Å². The molecule has 0 aliphatic heterocycles. The fourth-order valence-electron chi connectivity index (χ4n) is 4.42. The first-order valence-corrected chi connectivity index (χ1v) is 10.9. The van der Waals surface area contributed by atoms with Crippen molar-refractivity contribution in [2.24, 2.45) is 5.41 Å². The minimum Gasteiger partial charge on any atom is -0.496 e. The van der Waals surface area contributed by atoms with Crippen molar-refractivity contribution < 1.29 is 9.53 Å². The molecule has 1 atom stereocenters. The number of carbonyl (C=O) groups is 1. The predicted octanol–water partition coefficient (Wildman–Crippen LogP) is 4.97. The lowest BCUT2D eigenvalue weighted by molar-refractivity contribution is -0.121. The highest BCUT2D eigenvalue weighted by molar-refractivity contribution is 6.31. The summed E-state index contributed by atoms with van der Waals surface area (Å²) in [6.07, 6.45) is 3.96. The van der Waals surface area contributed by atoms with Crippen molar-refractivity contribution in [2.45, 2.75) is 45.7 Å². The lowest BCUT2D eigenvalue weighted by Gasteiger charge is -2.36. The van der Waals surface area contributed by atoms with E-state index in [1.54, 1.807) is 7.11 Å². The highest BCUT2D eigenvalue weighted by Gasteiger charge is 2.35. The Balaban J connectivity index is 1.56. The number of methoxy groups -OCH3 is 1. The zero-order chi connectivity index (χ0) is 22.0. The molecule has 3 aromatic rings. The van der Waals surface area contributed by atoms with Crippen molar-refractivity contribution in [1.82, 2.24) is 15.1 Å². The van der Waals surface area contributed by atoms with E-state index in [0.717, 1.165) is 40.3 Å². The third-order valence-corrected chi connectivity index (χ3v) is 6.28. The van der Waals surface area contributed by atoms with Gasteiger partial charge in [-0.2, -0.15) is 5.10 Å². The van der Waals surface area contributed by atoms with Gasteiger partial charge in [0.2, 0.25) is 5.91 Å². The van der Waals surface area contributed by atoms with E-state index in [9.17, 15) is 4.79 Å². The standard InChI is InChI=1S/C25H28ClN3O2/c1-25(2)13-21(28-24(30)12-17-8-5-7-11-23(17)31-3)19-15-27-29(22(19)14-25)16-18-9-4-6-10-20(18)26/h4-11,15,21H,12-14,16H2,1-3H3,(H,28,30)/t21-/m1/s1. The molecule has 1 aromatic heterocycles. The van der Waals surface area contributed by atoms with Gasteiger partial charge in [-0.15, -0.1) is 0 Å². The summed E-state index contributed by atoms with van der Waals surface area (Å²) in [6.45, 7) is 5.09. The molecule has 6 heteroatoms. The van der Waals surface area contributed by atoms with Gasteiger partial charge in [0.05, 0.1) is 32.3 Å². The van der Waals surface area contributed by atoms with E-state index in [1.165, 1.54) is 5.69 Å². The molecule has 0 fully saturated rings. The van der Waals surface area contributed by atoms with Crippen molar-refractivity contribution in [3.05, 3.63) is 82.1 Å². The van der Waals surface area contributed by atoms with Crippen LogP contribution in [0.15, 0.2) is 54.7 Å². The number of halogens is 1. The number of hydrogen-bond donors (Lipinski definition) is 1. The molecule has 0 bridgehead atoms. The second-order valence-corrected chi connectivity index (χ2v) is 9.36. The second-order valence-electron chi connectivity index (χ2n) is 8.95. The monoisotopic (exact) mass is 437 g/mol. The molecule has 1 aliphatic carbocycles. The van der Waals surface area contributed by atoms with E-state index in [0.29, 0.717) is 6.54 Å². The molecule has 31 heavy (non-hydrogen) atoms. The first-order chi connectivity index (χ1) is 14.9. The summed E-state index contributed by atoms with van der Waals surface area (Å²) in [4.78, 5) is 12.9. The maximum absolute atomic E-state index is 12.9. The Morgan fingerprint density at radius 1 is 1.19 bits per heavy atom. The van der Waals surface area contributed by atoms with Gasteiger partial charge in [-0.1, -0.05) is 61.8 Å². The van der Waals surface area contributed by atoms with E-state index in [2.05, 4.69) is 24.3 Å². The van der Waals surface area contributed by atoms with Gasteiger partial charge in [0.1, 0.15) is 5.75 Å². The maximum Gasteiger partial charge on any atom is 0.225 e. The largest absolute Gasteiger partial charge is 0.496 e. The van der Waals surface area contributed by atoms with Crippen LogP contribution < -0.4 is 10.1 Å². The van der Waals surface area contributed by atoms with Gasteiger partial charge in [-0.05, 0) is 36.0 Å². The van der Waals surface area contributed by atoms with Crippen LogP contribution in [-0.4, -0.2) is 22.8 Å². The summed E-state index contributed by atoms with van der Waals surface area (Å²) >= 11 is 6.37. The van der Waals surface area contributed by atoms with Crippen LogP contribution in [-0.2, 0) is 24.2 Å². The number of fused-ring (bicyclic) bond motifs is 1. The minimum absolute atomic E-state index is 0.0167. The number of carbonyl (C=O) groups excluding carboxylic acids is 1. The molecule has 2 aromatic carbocycles. The molecule has 162 valence electrons. The van der Waals surface area contributed by atoms with Crippen molar-refractivity contribution in [1.29, 1.82) is 0 Å². The van der Waals surface area contributed by atoms with E-state index >= 15 is 0 Å². The molecule has 4 rings (SSSR count). The Labute approximate surface area is 188 Å². The average Bonchev–Trinajstić information content (AvgIpc) is 3.11. The number of ether oxygens (including phenoxy) is 1. The van der Waals surface area contributed by atoms with Crippen LogP contribution in [0.25, 0.3) is 0 Å². The molecule has 0 saturated heterocycles. The fourth-order valence-corrected chi connectivity index (χ4v) is 4.61. The van der Waals surface area contributed by atoms with Gasteiger partial charge in [0.15, 0.2) is 0 Å². The van der Waals surface area contributed by atoms with Crippen LogP contribution in [0.3, 0.4) is 0 Å². The van der Waals surface area contributed by atoms with Gasteiger partial charge in [0, 0.05) is 21.8 Å². The summed E-state index contributed by atoms with van der Waals surface area (Å²) in [5.74, 6) is 0.715. The molecule has 1 N–H and O–H groups in total. The topological polar surface area (TPSA) is 56.1 Å². The van der Waals surface area contributed by atoms with Crippen LogP contribution >= 0.6 is 11.6 Å². The fraction of sp³-hybridized carbons (Fsp3) is 0.360. The van der Waals surface area contributed by atoms with Gasteiger partial charge < -0.3 is 10.1 Å². The summed E-state index contributed by atoms with van der Waals surface area (Å²) in [5, 5.41) is 8.64. The van der Waals surface area contributed by atoms with Crippen molar-refractivity contribution in [3.63, 3.8) is 0 Å². The number of benzene rings is 2. The Morgan fingerprint density at radius 2 is 1.90 bits per heavy atom.